The number of aromatic nitrogens is 1. The molecule has 0 aliphatic carbocycles. The molecule has 0 saturated heterocycles. The molecule has 2 aromatic rings. The number of halogens is 2. The molecule has 0 fully saturated rings. The van der Waals surface area contributed by atoms with Crippen molar-refractivity contribution in [3.8, 4) is 0 Å². The van der Waals surface area contributed by atoms with E-state index in [-0.39, 0.29) is 18.2 Å². The second-order valence-corrected chi connectivity index (χ2v) is 5.29. The smallest absolute Gasteiger partial charge is 0.312 e. The molecule has 1 aromatic heterocycles. The van der Waals surface area contributed by atoms with Crippen LogP contribution in [0.5, 0.6) is 0 Å². The summed E-state index contributed by atoms with van der Waals surface area (Å²) < 4.78 is 19.3. The summed E-state index contributed by atoms with van der Waals surface area (Å²) in [6.07, 6.45) is 0.131. The number of carbonyl (C=O) groups excluding carboxylic acids is 1. The van der Waals surface area contributed by atoms with Crippen LogP contribution in [0.15, 0.2) is 16.6 Å². The van der Waals surface area contributed by atoms with Crippen molar-refractivity contribution in [3.63, 3.8) is 0 Å². The van der Waals surface area contributed by atoms with Gasteiger partial charge in [0.05, 0.1) is 27.7 Å². The van der Waals surface area contributed by atoms with Crippen molar-refractivity contribution in [2.45, 2.75) is 13.3 Å². The van der Waals surface area contributed by atoms with Gasteiger partial charge in [0.1, 0.15) is 10.8 Å². The first-order chi connectivity index (χ1) is 8.10. The van der Waals surface area contributed by atoms with Gasteiger partial charge in [0.15, 0.2) is 0 Å². The molecule has 0 atom stereocenters. The summed E-state index contributed by atoms with van der Waals surface area (Å²) in [5.41, 5.74) is 0.565. The van der Waals surface area contributed by atoms with Crippen molar-refractivity contribution >= 4 is 43.5 Å². The van der Waals surface area contributed by atoms with Crippen LogP contribution in [0.25, 0.3) is 10.2 Å². The zero-order valence-corrected chi connectivity index (χ0v) is 11.4. The fraction of sp³-hybridized carbons (Fsp3) is 0.273. The third-order valence-corrected chi connectivity index (χ3v) is 3.70. The highest BCUT2D eigenvalue weighted by atomic mass is 79.9. The van der Waals surface area contributed by atoms with E-state index in [2.05, 4.69) is 20.9 Å². The van der Waals surface area contributed by atoms with Crippen LogP contribution in [0, 0.1) is 5.82 Å². The van der Waals surface area contributed by atoms with Gasteiger partial charge in [-0.1, -0.05) is 0 Å². The normalized spacial score (nSPS) is 10.8. The van der Waals surface area contributed by atoms with E-state index in [1.807, 2.05) is 0 Å². The van der Waals surface area contributed by atoms with Crippen LogP contribution in [0.4, 0.5) is 4.39 Å². The Balaban J connectivity index is 2.29. The van der Waals surface area contributed by atoms with E-state index >= 15 is 0 Å². The zero-order chi connectivity index (χ0) is 12.4. The molecular formula is C11H9BrFNO2S. The van der Waals surface area contributed by atoms with Gasteiger partial charge in [0.2, 0.25) is 0 Å². The first-order valence-corrected chi connectivity index (χ1v) is 6.61. The van der Waals surface area contributed by atoms with E-state index < -0.39 is 0 Å². The summed E-state index contributed by atoms with van der Waals surface area (Å²) in [5.74, 6) is -0.670. The zero-order valence-electron chi connectivity index (χ0n) is 9.00. The SMILES string of the molecule is CCOC(=O)Cc1nc2cc(F)c(Br)cc2s1. The average Bonchev–Trinajstić information content (AvgIpc) is 2.60. The number of ether oxygens (including phenoxy) is 1. The Morgan fingerprint density at radius 3 is 3.06 bits per heavy atom. The van der Waals surface area contributed by atoms with Gasteiger partial charge in [-0.15, -0.1) is 11.3 Å². The van der Waals surface area contributed by atoms with Crippen molar-refractivity contribution < 1.29 is 13.9 Å². The molecule has 6 heteroatoms. The number of esters is 1. The van der Waals surface area contributed by atoms with Crippen LogP contribution in [0.3, 0.4) is 0 Å². The lowest BCUT2D eigenvalue weighted by Crippen LogP contribution is -2.06. The van der Waals surface area contributed by atoms with Gasteiger partial charge >= 0.3 is 5.97 Å². The van der Waals surface area contributed by atoms with Crippen molar-refractivity contribution in [2.24, 2.45) is 0 Å². The van der Waals surface area contributed by atoms with E-state index in [0.29, 0.717) is 21.6 Å². The second-order valence-electron chi connectivity index (χ2n) is 3.32. The van der Waals surface area contributed by atoms with Crippen molar-refractivity contribution in [2.75, 3.05) is 6.61 Å². The van der Waals surface area contributed by atoms with Crippen molar-refractivity contribution in [3.05, 3.63) is 27.4 Å². The van der Waals surface area contributed by atoms with E-state index in [4.69, 9.17) is 4.74 Å². The number of hydrogen-bond donors (Lipinski definition) is 0. The molecule has 0 saturated carbocycles. The lowest BCUT2D eigenvalue weighted by Gasteiger charge is -1.97. The summed E-state index contributed by atoms with van der Waals surface area (Å²) in [4.78, 5) is 15.5. The first-order valence-electron chi connectivity index (χ1n) is 5.00. The highest BCUT2D eigenvalue weighted by Crippen LogP contribution is 2.28. The summed E-state index contributed by atoms with van der Waals surface area (Å²) in [7, 11) is 0. The molecule has 2 rings (SSSR count). The van der Waals surface area contributed by atoms with Crippen LogP contribution in [-0.2, 0) is 16.0 Å². The number of thiazole rings is 1. The molecule has 17 heavy (non-hydrogen) atoms. The van der Waals surface area contributed by atoms with Crippen LogP contribution >= 0.6 is 27.3 Å². The molecule has 1 heterocycles. The van der Waals surface area contributed by atoms with Gasteiger partial charge in [-0.05, 0) is 28.9 Å². The summed E-state index contributed by atoms with van der Waals surface area (Å²) in [5, 5.41) is 0.635. The lowest BCUT2D eigenvalue weighted by molar-refractivity contribution is -0.142. The average molecular weight is 318 g/mol. The summed E-state index contributed by atoms with van der Waals surface area (Å²) >= 11 is 4.48. The van der Waals surface area contributed by atoms with Gasteiger partial charge in [0, 0.05) is 6.07 Å². The minimum absolute atomic E-state index is 0.131. The molecule has 0 unspecified atom stereocenters. The predicted molar refractivity (Wildman–Crippen MR) is 67.6 cm³/mol. The standard InChI is InChI=1S/C11H9BrFNO2S/c1-2-16-11(15)5-10-14-8-4-7(13)6(12)3-9(8)17-10/h3-4H,2,5H2,1H3. The highest BCUT2D eigenvalue weighted by Gasteiger charge is 2.11. The first kappa shape index (κ1) is 12.4. The maximum Gasteiger partial charge on any atom is 0.312 e. The van der Waals surface area contributed by atoms with Crippen LogP contribution < -0.4 is 0 Å². The largest absolute Gasteiger partial charge is 0.466 e. The second kappa shape index (κ2) is 5.10. The van der Waals surface area contributed by atoms with Gasteiger partial charge in [-0.25, -0.2) is 9.37 Å². The van der Waals surface area contributed by atoms with Gasteiger partial charge in [-0.3, -0.25) is 4.79 Å². The molecule has 0 aliphatic heterocycles. The predicted octanol–water partition coefficient (Wildman–Crippen LogP) is 3.30. The summed E-state index contributed by atoms with van der Waals surface area (Å²) in [6, 6.07) is 3.02. The minimum atomic E-state index is -0.356. The van der Waals surface area contributed by atoms with Crippen molar-refractivity contribution in [1.82, 2.24) is 4.98 Å². The number of fused-ring (bicyclic) bond motifs is 1. The molecular weight excluding hydrogens is 309 g/mol. The Labute approximate surface area is 110 Å². The third kappa shape index (κ3) is 2.81. The fourth-order valence-corrected chi connectivity index (χ4v) is 2.85. The Morgan fingerprint density at radius 2 is 2.35 bits per heavy atom. The minimum Gasteiger partial charge on any atom is -0.466 e. The van der Waals surface area contributed by atoms with Crippen LogP contribution in [0.1, 0.15) is 11.9 Å². The Hall–Kier alpha value is -1.01. The molecule has 0 spiro atoms. The topological polar surface area (TPSA) is 39.2 Å². The Morgan fingerprint density at radius 1 is 1.59 bits per heavy atom. The van der Waals surface area contributed by atoms with Crippen LogP contribution in [-0.4, -0.2) is 17.6 Å². The number of benzene rings is 1. The molecule has 3 nitrogen and oxygen atoms in total. The molecule has 0 radical (unpaired) electrons. The maximum atomic E-state index is 13.3. The number of rotatable bonds is 3. The van der Waals surface area contributed by atoms with E-state index in [0.717, 1.165) is 4.70 Å². The third-order valence-electron chi connectivity index (χ3n) is 2.08. The molecule has 90 valence electrons. The van der Waals surface area contributed by atoms with Gasteiger partial charge in [0.25, 0.3) is 0 Å². The van der Waals surface area contributed by atoms with Gasteiger partial charge in [-0.2, -0.15) is 0 Å². The van der Waals surface area contributed by atoms with E-state index in [9.17, 15) is 9.18 Å². The van der Waals surface area contributed by atoms with Gasteiger partial charge < -0.3 is 4.74 Å². The molecule has 0 aliphatic rings. The highest BCUT2D eigenvalue weighted by molar-refractivity contribution is 9.10. The number of carbonyl (C=O) groups is 1. The Bertz CT molecular complexity index is 531. The molecule has 1 aromatic carbocycles. The monoisotopic (exact) mass is 317 g/mol. The number of hydrogen-bond acceptors (Lipinski definition) is 4. The number of nitrogens with zero attached hydrogens (tertiary/aromatic N) is 1. The fourth-order valence-electron chi connectivity index (χ4n) is 1.38. The maximum absolute atomic E-state index is 13.3. The lowest BCUT2D eigenvalue weighted by atomic mass is 10.3. The summed E-state index contributed by atoms with van der Waals surface area (Å²) in [6.45, 7) is 2.10. The van der Waals surface area contributed by atoms with E-state index in [1.165, 1.54) is 17.4 Å². The molecule has 0 bridgehead atoms. The van der Waals surface area contributed by atoms with Crippen LogP contribution in [0.2, 0.25) is 0 Å². The van der Waals surface area contributed by atoms with Crippen molar-refractivity contribution in [1.29, 1.82) is 0 Å². The quantitative estimate of drug-likeness (QED) is 0.815. The molecule has 0 N–H and O–H groups in total. The Kier molecular flexibility index (Phi) is 3.73. The van der Waals surface area contributed by atoms with E-state index in [1.54, 1.807) is 13.0 Å². The molecule has 0 amide bonds.